The summed E-state index contributed by atoms with van der Waals surface area (Å²) in [6.07, 6.45) is 5.16. The molecule has 2 rings (SSSR count). The lowest BCUT2D eigenvalue weighted by Gasteiger charge is -2.39. The van der Waals surface area contributed by atoms with E-state index in [0.717, 1.165) is 38.2 Å². The SMILES string of the molecule is CNC(c1ccc(F)c(F)c1F)C1(CC(C)C)CCCC1. The van der Waals surface area contributed by atoms with Crippen LogP contribution in [0.15, 0.2) is 12.1 Å². The van der Waals surface area contributed by atoms with E-state index in [9.17, 15) is 13.2 Å². The number of halogens is 3. The predicted molar refractivity (Wildman–Crippen MR) is 78.5 cm³/mol. The molecule has 1 aliphatic carbocycles. The summed E-state index contributed by atoms with van der Waals surface area (Å²) in [6.45, 7) is 4.29. The van der Waals surface area contributed by atoms with Crippen molar-refractivity contribution in [2.45, 2.75) is 52.0 Å². The molecule has 1 N–H and O–H groups in total. The summed E-state index contributed by atoms with van der Waals surface area (Å²) in [4.78, 5) is 0. The molecule has 118 valence electrons. The summed E-state index contributed by atoms with van der Waals surface area (Å²) < 4.78 is 41.0. The van der Waals surface area contributed by atoms with Crippen LogP contribution in [-0.2, 0) is 0 Å². The highest BCUT2D eigenvalue weighted by Crippen LogP contribution is 2.52. The first-order valence-corrected chi connectivity index (χ1v) is 7.72. The molecule has 0 amide bonds. The number of hydrogen-bond acceptors (Lipinski definition) is 1. The Morgan fingerprint density at radius 2 is 1.71 bits per heavy atom. The minimum Gasteiger partial charge on any atom is -0.312 e. The molecule has 21 heavy (non-hydrogen) atoms. The van der Waals surface area contributed by atoms with Crippen LogP contribution in [0.25, 0.3) is 0 Å². The quantitative estimate of drug-likeness (QED) is 0.757. The van der Waals surface area contributed by atoms with Crippen molar-refractivity contribution in [3.05, 3.63) is 35.1 Å². The third kappa shape index (κ3) is 3.10. The molecule has 0 spiro atoms. The number of nitrogens with one attached hydrogen (secondary N) is 1. The van der Waals surface area contributed by atoms with Crippen LogP contribution in [0, 0.1) is 28.8 Å². The molecule has 4 heteroatoms. The van der Waals surface area contributed by atoms with Gasteiger partial charge < -0.3 is 5.32 Å². The van der Waals surface area contributed by atoms with Gasteiger partial charge in [0.1, 0.15) is 0 Å². The van der Waals surface area contributed by atoms with Gasteiger partial charge in [0.05, 0.1) is 0 Å². The minimum absolute atomic E-state index is 0.0754. The molecule has 0 aromatic heterocycles. The minimum atomic E-state index is -1.37. The van der Waals surface area contributed by atoms with E-state index in [2.05, 4.69) is 19.2 Å². The van der Waals surface area contributed by atoms with Gasteiger partial charge >= 0.3 is 0 Å². The third-order valence-electron chi connectivity index (χ3n) is 4.69. The largest absolute Gasteiger partial charge is 0.312 e. The summed E-state index contributed by atoms with van der Waals surface area (Å²) >= 11 is 0. The summed E-state index contributed by atoms with van der Waals surface area (Å²) in [7, 11) is 1.77. The van der Waals surface area contributed by atoms with Crippen LogP contribution in [0.3, 0.4) is 0 Å². The normalized spacial score (nSPS) is 19.2. The molecule has 0 bridgehead atoms. The van der Waals surface area contributed by atoms with Crippen molar-refractivity contribution in [1.82, 2.24) is 5.32 Å². The molecule has 1 saturated carbocycles. The first kappa shape index (κ1) is 16.3. The molecule has 0 heterocycles. The van der Waals surface area contributed by atoms with Crippen molar-refractivity contribution in [1.29, 1.82) is 0 Å². The van der Waals surface area contributed by atoms with Crippen molar-refractivity contribution in [3.63, 3.8) is 0 Å². The van der Waals surface area contributed by atoms with Crippen molar-refractivity contribution < 1.29 is 13.2 Å². The molecule has 1 nitrogen and oxygen atoms in total. The molecule has 1 aromatic rings. The number of rotatable bonds is 5. The molecule has 1 atom stereocenters. The lowest BCUT2D eigenvalue weighted by molar-refractivity contribution is 0.158. The second-order valence-electron chi connectivity index (χ2n) is 6.65. The van der Waals surface area contributed by atoms with Gasteiger partial charge in [0.2, 0.25) is 0 Å². The van der Waals surface area contributed by atoms with Crippen LogP contribution >= 0.6 is 0 Å². The van der Waals surface area contributed by atoms with E-state index in [1.54, 1.807) is 7.05 Å². The zero-order chi connectivity index (χ0) is 15.6. The Hall–Kier alpha value is -1.03. The lowest BCUT2D eigenvalue weighted by Crippen LogP contribution is -2.36. The van der Waals surface area contributed by atoms with Gasteiger partial charge in [-0.2, -0.15) is 0 Å². The highest BCUT2D eigenvalue weighted by Gasteiger charge is 2.43. The highest BCUT2D eigenvalue weighted by atomic mass is 19.2. The topological polar surface area (TPSA) is 12.0 Å². The fourth-order valence-corrected chi connectivity index (χ4v) is 4.06. The monoisotopic (exact) mass is 299 g/mol. The van der Waals surface area contributed by atoms with E-state index in [-0.39, 0.29) is 17.0 Å². The maximum absolute atomic E-state index is 14.2. The zero-order valence-electron chi connectivity index (χ0n) is 13.0. The Kier molecular flexibility index (Phi) is 4.97. The van der Waals surface area contributed by atoms with Crippen LogP contribution in [0.2, 0.25) is 0 Å². The Labute approximate surface area is 124 Å². The number of benzene rings is 1. The lowest BCUT2D eigenvalue weighted by atomic mass is 9.70. The Bertz CT molecular complexity index is 493. The van der Waals surface area contributed by atoms with Gasteiger partial charge in [0.15, 0.2) is 17.5 Å². The first-order valence-electron chi connectivity index (χ1n) is 7.72. The van der Waals surface area contributed by atoms with Crippen molar-refractivity contribution in [2.24, 2.45) is 11.3 Å². The zero-order valence-corrected chi connectivity index (χ0v) is 13.0. The maximum Gasteiger partial charge on any atom is 0.194 e. The fourth-order valence-electron chi connectivity index (χ4n) is 4.06. The van der Waals surface area contributed by atoms with Gasteiger partial charge in [-0.1, -0.05) is 32.8 Å². The molecule has 1 aliphatic rings. The molecule has 0 radical (unpaired) electrons. The Morgan fingerprint density at radius 3 is 2.24 bits per heavy atom. The van der Waals surface area contributed by atoms with E-state index in [4.69, 9.17) is 0 Å². The van der Waals surface area contributed by atoms with E-state index in [1.165, 1.54) is 6.07 Å². The average Bonchev–Trinajstić information content (AvgIpc) is 2.88. The van der Waals surface area contributed by atoms with Crippen LogP contribution in [0.4, 0.5) is 13.2 Å². The van der Waals surface area contributed by atoms with Gasteiger partial charge in [-0.15, -0.1) is 0 Å². The fraction of sp³-hybridized carbons (Fsp3) is 0.647. The predicted octanol–water partition coefficient (Wildman–Crippen LogP) is 4.97. The maximum atomic E-state index is 14.2. The van der Waals surface area contributed by atoms with E-state index < -0.39 is 17.5 Å². The van der Waals surface area contributed by atoms with E-state index >= 15 is 0 Å². The van der Waals surface area contributed by atoms with Crippen LogP contribution in [0.1, 0.15) is 57.6 Å². The molecular formula is C17H24F3N. The standard InChI is InChI=1S/C17H24F3N/c1-11(2)10-17(8-4-5-9-17)16(21-3)12-6-7-13(18)15(20)14(12)19/h6-7,11,16,21H,4-5,8-10H2,1-3H3. The summed E-state index contributed by atoms with van der Waals surface area (Å²) in [5.41, 5.74) is 0.174. The third-order valence-corrected chi connectivity index (χ3v) is 4.69. The van der Waals surface area contributed by atoms with Crippen LogP contribution < -0.4 is 5.32 Å². The summed E-state index contributed by atoms with van der Waals surface area (Å²) in [5.74, 6) is -3.07. The van der Waals surface area contributed by atoms with Gasteiger partial charge in [0, 0.05) is 11.6 Å². The molecule has 0 saturated heterocycles. The van der Waals surface area contributed by atoms with Crippen molar-refractivity contribution in [2.75, 3.05) is 7.05 Å². The molecule has 1 fully saturated rings. The van der Waals surface area contributed by atoms with Gasteiger partial charge in [-0.05, 0) is 43.7 Å². The Balaban J connectivity index is 2.44. The van der Waals surface area contributed by atoms with Gasteiger partial charge in [-0.3, -0.25) is 0 Å². The molecule has 0 aliphatic heterocycles. The van der Waals surface area contributed by atoms with Crippen LogP contribution in [-0.4, -0.2) is 7.05 Å². The summed E-state index contributed by atoms with van der Waals surface area (Å²) in [6, 6.07) is 2.13. The van der Waals surface area contributed by atoms with E-state index in [1.807, 2.05) is 0 Å². The second kappa shape index (κ2) is 6.39. The van der Waals surface area contributed by atoms with Crippen LogP contribution in [0.5, 0.6) is 0 Å². The van der Waals surface area contributed by atoms with Crippen molar-refractivity contribution in [3.8, 4) is 0 Å². The number of hydrogen-bond donors (Lipinski definition) is 1. The Morgan fingerprint density at radius 1 is 1.10 bits per heavy atom. The molecular weight excluding hydrogens is 275 g/mol. The van der Waals surface area contributed by atoms with Gasteiger partial charge in [-0.25, -0.2) is 13.2 Å². The van der Waals surface area contributed by atoms with Crippen molar-refractivity contribution >= 4 is 0 Å². The second-order valence-corrected chi connectivity index (χ2v) is 6.65. The molecule has 1 unspecified atom stereocenters. The highest BCUT2D eigenvalue weighted by molar-refractivity contribution is 5.26. The van der Waals surface area contributed by atoms with E-state index in [0.29, 0.717) is 5.92 Å². The van der Waals surface area contributed by atoms with Gasteiger partial charge in [0.25, 0.3) is 0 Å². The smallest absolute Gasteiger partial charge is 0.194 e. The summed E-state index contributed by atoms with van der Waals surface area (Å²) in [5, 5.41) is 3.16. The first-order chi connectivity index (χ1) is 9.91. The molecule has 1 aromatic carbocycles. The average molecular weight is 299 g/mol.